The van der Waals surface area contributed by atoms with Gasteiger partial charge in [-0.3, -0.25) is 4.79 Å². The minimum absolute atomic E-state index is 0.00770. The van der Waals surface area contributed by atoms with E-state index in [1.54, 1.807) is 11.0 Å². The second-order valence-corrected chi connectivity index (χ2v) is 5.77. The molecule has 0 saturated heterocycles. The molecular weight excluding hydrogens is 316 g/mol. The normalized spacial score (nSPS) is 11.8. The average molecular weight is 336 g/mol. The number of rotatable bonds is 6. The van der Waals surface area contributed by atoms with Gasteiger partial charge in [0, 0.05) is 0 Å². The number of carbonyl (C=O) groups excluding carboxylic acids is 1. The number of hydrogen-bond donors (Lipinski definition) is 1. The second kappa shape index (κ2) is 7.61. The number of benzene rings is 2. The molecule has 6 heteroatoms. The molecule has 25 heavy (non-hydrogen) atoms. The minimum Gasteiger partial charge on any atom is -0.484 e. The first-order valence-corrected chi connectivity index (χ1v) is 8.06. The van der Waals surface area contributed by atoms with Crippen LogP contribution in [0.1, 0.15) is 24.1 Å². The van der Waals surface area contributed by atoms with Crippen molar-refractivity contribution in [3.8, 4) is 11.4 Å². The lowest BCUT2D eigenvalue weighted by molar-refractivity contribution is -0.123. The highest BCUT2D eigenvalue weighted by molar-refractivity contribution is 5.78. The fourth-order valence-electron chi connectivity index (χ4n) is 2.49. The predicted octanol–water partition coefficient (Wildman–Crippen LogP) is 2.83. The quantitative estimate of drug-likeness (QED) is 0.751. The lowest BCUT2D eigenvalue weighted by Crippen LogP contribution is -2.31. The summed E-state index contributed by atoms with van der Waals surface area (Å²) in [6.45, 7) is 3.88. The maximum Gasteiger partial charge on any atom is 0.258 e. The van der Waals surface area contributed by atoms with E-state index in [2.05, 4.69) is 15.4 Å². The number of hydrogen-bond acceptors (Lipinski definition) is 4. The predicted molar refractivity (Wildman–Crippen MR) is 94.6 cm³/mol. The third kappa shape index (κ3) is 4.23. The summed E-state index contributed by atoms with van der Waals surface area (Å²) < 4.78 is 7.26. The monoisotopic (exact) mass is 336 g/mol. The third-order valence-corrected chi connectivity index (χ3v) is 3.91. The molecule has 0 saturated carbocycles. The molecule has 0 aliphatic carbocycles. The Morgan fingerprint density at radius 1 is 1.20 bits per heavy atom. The molecule has 0 fully saturated rings. The number of amides is 1. The summed E-state index contributed by atoms with van der Waals surface area (Å²) >= 11 is 0. The molecule has 1 amide bonds. The summed E-state index contributed by atoms with van der Waals surface area (Å²) in [4.78, 5) is 16.0. The molecule has 1 heterocycles. The van der Waals surface area contributed by atoms with E-state index >= 15 is 0 Å². The molecule has 3 aromatic rings. The maximum absolute atomic E-state index is 12.1. The van der Waals surface area contributed by atoms with Crippen molar-refractivity contribution < 1.29 is 9.53 Å². The Balaban J connectivity index is 1.55. The molecule has 1 aromatic heterocycles. The molecule has 0 aliphatic heterocycles. The molecule has 0 unspecified atom stereocenters. The van der Waals surface area contributed by atoms with Gasteiger partial charge in [-0.15, -0.1) is 0 Å². The van der Waals surface area contributed by atoms with Gasteiger partial charge < -0.3 is 10.1 Å². The van der Waals surface area contributed by atoms with Crippen LogP contribution in [-0.4, -0.2) is 27.3 Å². The van der Waals surface area contributed by atoms with Gasteiger partial charge in [-0.25, -0.2) is 9.67 Å². The molecule has 128 valence electrons. The van der Waals surface area contributed by atoms with Crippen molar-refractivity contribution in [1.82, 2.24) is 20.1 Å². The Hall–Kier alpha value is -3.15. The van der Waals surface area contributed by atoms with Gasteiger partial charge in [-0.2, -0.15) is 5.10 Å². The molecule has 1 atom stereocenters. The first-order valence-electron chi connectivity index (χ1n) is 8.06. The third-order valence-electron chi connectivity index (χ3n) is 3.91. The highest BCUT2D eigenvalue weighted by Crippen LogP contribution is 2.17. The molecular formula is C19H20N4O2. The summed E-state index contributed by atoms with van der Waals surface area (Å²) in [6, 6.07) is 15.3. The molecule has 2 aromatic carbocycles. The molecule has 0 aliphatic rings. The number of aryl methyl sites for hydroxylation is 1. The van der Waals surface area contributed by atoms with Gasteiger partial charge in [0.05, 0.1) is 11.7 Å². The Morgan fingerprint density at radius 2 is 1.96 bits per heavy atom. The fraction of sp³-hybridized carbons (Fsp3) is 0.211. The molecule has 1 N–H and O–H groups in total. The Morgan fingerprint density at radius 3 is 2.64 bits per heavy atom. The number of nitrogens with zero attached hydrogens (tertiary/aromatic N) is 3. The van der Waals surface area contributed by atoms with Crippen molar-refractivity contribution in [2.45, 2.75) is 19.9 Å². The van der Waals surface area contributed by atoms with Gasteiger partial charge in [0.15, 0.2) is 6.61 Å². The first kappa shape index (κ1) is 16.7. The van der Waals surface area contributed by atoms with Crippen molar-refractivity contribution in [3.05, 3.63) is 72.3 Å². The van der Waals surface area contributed by atoms with Gasteiger partial charge in [-0.1, -0.05) is 30.3 Å². The van der Waals surface area contributed by atoms with E-state index in [-0.39, 0.29) is 18.6 Å². The average Bonchev–Trinajstić information content (AvgIpc) is 3.16. The Bertz CT molecular complexity index is 829. The van der Waals surface area contributed by atoms with Crippen LogP contribution >= 0.6 is 0 Å². The molecule has 0 spiro atoms. The van der Waals surface area contributed by atoms with Crippen LogP contribution in [0.2, 0.25) is 0 Å². The van der Waals surface area contributed by atoms with Crippen LogP contribution in [0.15, 0.2) is 61.2 Å². The van der Waals surface area contributed by atoms with E-state index in [4.69, 9.17) is 4.74 Å². The van der Waals surface area contributed by atoms with Crippen LogP contribution in [0.5, 0.6) is 5.75 Å². The number of para-hydroxylation sites is 1. The van der Waals surface area contributed by atoms with E-state index in [0.29, 0.717) is 0 Å². The lowest BCUT2D eigenvalue weighted by Gasteiger charge is -2.15. The smallest absolute Gasteiger partial charge is 0.258 e. The van der Waals surface area contributed by atoms with Gasteiger partial charge in [0.2, 0.25) is 0 Å². The van der Waals surface area contributed by atoms with Crippen molar-refractivity contribution in [1.29, 1.82) is 0 Å². The van der Waals surface area contributed by atoms with Crippen LogP contribution in [0.3, 0.4) is 0 Å². The molecule has 0 bridgehead atoms. The van der Waals surface area contributed by atoms with Crippen LogP contribution < -0.4 is 10.1 Å². The molecule has 3 rings (SSSR count). The maximum atomic E-state index is 12.1. The van der Waals surface area contributed by atoms with Crippen molar-refractivity contribution in [2.24, 2.45) is 0 Å². The molecule has 6 nitrogen and oxygen atoms in total. The van der Waals surface area contributed by atoms with E-state index < -0.39 is 0 Å². The van der Waals surface area contributed by atoms with Gasteiger partial charge in [-0.05, 0) is 43.2 Å². The first-order chi connectivity index (χ1) is 12.1. The lowest BCUT2D eigenvalue weighted by atomic mass is 10.1. The summed E-state index contributed by atoms with van der Waals surface area (Å²) in [5.74, 6) is 0.568. The van der Waals surface area contributed by atoms with E-state index in [1.807, 2.05) is 62.4 Å². The van der Waals surface area contributed by atoms with Crippen LogP contribution in [0, 0.1) is 6.92 Å². The zero-order chi connectivity index (χ0) is 17.6. The second-order valence-electron chi connectivity index (χ2n) is 5.77. The molecule has 0 radical (unpaired) electrons. The van der Waals surface area contributed by atoms with Crippen LogP contribution in [0.25, 0.3) is 5.69 Å². The standard InChI is InChI=1S/C19H20N4O2/c1-14-5-3-4-6-18(14)25-11-19(24)22-15(2)16-7-9-17(10-8-16)23-13-20-12-21-23/h3-10,12-13,15H,11H2,1-2H3,(H,22,24)/t15-/m0/s1. The zero-order valence-electron chi connectivity index (χ0n) is 14.2. The van der Waals surface area contributed by atoms with Crippen molar-refractivity contribution in [2.75, 3.05) is 6.61 Å². The minimum atomic E-state index is -0.156. The summed E-state index contributed by atoms with van der Waals surface area (Å²) in [7, 11) is 0. The fourth-order valence-corrected chi connectivity index (χ4v) is 2.49. The highest BCUT2D eigenvalue weighted by atomic mass is 16.5. The van der Waals surface area contributed by atoms with E-state index in [0.717, 1.165) is 22.6 Å². The largest absolute Gasteiger partial charge is 0.484 e. The summed E-state index contributed by atoms with van der Waals surface area (Å²) in [6.07, 6.45) is 3.13. The number of nitrogens with one attached hydrogen (secondary N) is 1. The van der Waals surface area contributed by atoms with Crippen LogP contribution in [-0.2, 0) is 4.79 Å². The Kier molecular flexibility index (Phi) is 5.09. The summed E-state index contributed by atoms with van der Waals surface area (Å²) in [5.41, 5.74) is 2.93. The van der Waals surface area contributed by atoms with Crippen LogP contribution in [0.4, 0.5) is 0 Å². The number of ether oxygens (including phenoxy) is 1. The van der Waals surface area contributed by atoms with Crippen molar-refractivity contribution >= 4 is 5.91 Å². The highest BCUT2D eigenvalue weighted by Gasteiger charge is 2.11. The SMILES string of the molecule is Cc1ccccc1OCC(=O)N[C@@H](C)c1ccc(-n2cncn2)cc1. The van der Waals surface area contributed by atoms with Crippen molar-refractivity contribution in [3.63, 3.8) is 0 Å². The van der Waals surface area contributed by atoms with E-state index in [9.17, 15) is 4.79 Å². The van der Waals surface area contributed by atoms with Gasteiger partial charge in [0.25, 0.3) is 5.91 Å². The van der Waals surface area contributed by atoms with Gasteiger partial charge in [0.1, 0.15) is 18.4 Å². The number of aromatic nitrogens is 3. The van der Waals surface area contributed by atoms with Gasteiger partial charge >= 0.3 is 0 Å². The van der Waals surface area contributed by atoms with E-state index in [1.165, 1.54) is 6.33 Å². The zero-order valence-corrected chi connectivity index (χ0v) is 14.2. The summed E-state index contributed by atoms with van der Waals surface area (Å²) in [5, 5.41) is 7.03. The Labute approximate surface area is 146 Å². The number of carbonyl (C=O) groups is 1. The topological polar surface area (TPSA) is 69.0 Å².